The molecule has 164 valence electrons. The number of anilines is 1. The van der Waals surface area contributed by atoms with Gasteiger partial charge >= 0.3 is 0 Å². The first kappa shape index (κ1) is 20.4. The van der Waals surface area contributed by atoms with Crippen LogP contribution in [-0.2, 0) is 11.2 Å². The SMILES string of the molecule is COc1ccc(-c2noc(CCC(=O)Nc3c(-c4ccccc4)nc4ccccn34)n2)cc1. The van der Waals surface area contributed by atoms with Crippen molar-refractivity contribution in [2.45, 2.75) is 12.8 Å². The number of carbonyl (C=O) groups excluding carboxylic acids is 1. The fourth-order valence-electron chi connectivity index (χ4n) is 3.54. The van der Waals surface area contributed by atoms with E-state index < -0.39 is 0 Å². The maximum absolute atomic E-state index is 12.8. The summed E-state index contributed by atoms with van der Waals surface area (Å²) in [5.41, 5.74) is 3.22. The number of fused-ring (bicyclic) bond motifs is 1. The van der Waals surface area contributed by atoms with E-state index in [-0.39, 0.29) is 12.3 Å². The summed E-state index contributed by atoms with van der Waals surface area (Å²) in [7, 11) is 1.61. The van der Waals surface area contributed by atoms with Gasteiger partial charge in [-0.3, -0.25) is 9.20 Å². The second kappa shape index (κ2) is 8.96. The number of amides is 1. The lowest BCUT2D eigenvalue weighted by Crippen LogP contribution is -2.14. The van der Waals surface area contributed by atoms with Crippen molar-refractivity contribution in [3.8, 4) is 28.4 Å². The minimum absolute atomic E-state index is 0.165. The highest BCUT2D eigenvalue weighted by atomic mass is 16.5. The fraction of sp³-hybridized carbons (Fsp3) is 0.120. The average molecular weight is 439 g/mol. The number of pyridine rings is 1. The van der Waals surface area contributed by atoms with Gasteiger partial charge in [-0.1, -0.05) is 41.6 Å². The number of benzene rings is 2. The molecule has 0 fully saturated rings. The van der Waals surface area contributed by atoms with Crippen LogP contribution in [0.4, 0.5) is 5.82 Å². The smallest absolute Gasteiger partial charge is 0.227 e. The van der Waals surface area contributed by atoms with E-state index >= 15 is 0 Å². The molecule has 2 aromatic carbocycles. The summed E-state index contributed by atoms with van der Waals surface area (Å²) in [4.78, 5) is 21.9. The van der Waals surface area contributed by atoms with E-state index in [0.29, 0.717) is 24.0 Å². The van der Waals surface area contributed by atoms with Gasteiger partial charge in [0.15, 0.2) is 0 Å². The maximum atomic E-state index is 12.8. The molecule has 0 spiro atoms. The number of nitrogens with one attached hydrogen (secondary N) is 1. The van der Waals surface area contributed by atoms with E-state index in [2.05, 4.69) is 15.5 Å². The third-order valence-corrected chi connectivity index (χ3v) is 5.22. The standard InChI is InChI=1S/C25H21N5O3/c1-32-19-12-10-18(11-13-19)24-28-22(33-29-24)15-14-21(31)27-25-23(17-7-3-2-4-8-17)26-20-9-5-6-16-30(20)25/h2-13,16H,14-15H2,1H3,(H,27,31). The summed E-state index contributed by atoms with van der Waals surface area (Å²) >= 11 is 0. The first-order chi connectivity index (χ1) is 16.2. The number of imidazole rings is 1. The van der Waals surface area contributed by atoms with E-state index in [1.807, 2.05) is 83.4 Å². The van der Waals surface area contributed by atoms with Crippen molar-refractivity contribution in [2.24, 2.45) is 0 Å². The Morgan fingerprint density at radius 1 is 0.970 bits per heavy atom. The van der Waals surface area contributed by atoms with Crippen LogP contribution in [0.25, 0.3) is 28.3 Å². The summed E-state index contributed by atoms with van der Waals surface area (Å²) < 4.78 is 12.4. The quantitative estimate of drug-likeness (QED) is 0.397. The Morgan fingerprint density at radius 3 is 2.55 bits per heavy atom. The number of nitrogens with zero attached hydrogens (tertiary/aromatic N) is 4. The summed E-state index contributed by atoms with van der Waals surface area (Å²) in [6, 6.07) is 22.9. The Balaban J connectivity index is 1.31. The molecule has 0 radical (unpaired) electrons. The molecule has 1 N–H and O–H groups in total. The predicted octanol–water partition coefficient (Wildman–Crippen LogP) is 4.63. The van der Waals surface area contributed by atoms with Gasteiger partial charge in [-0.15, -0.1) is 0 Å². The summed E-state index contributed by atoms with van der Waals surface area (Å²) in [6.45, 7) is 0. The third-order valence-electron chi connectivity index (χ3n) is 5.22. The molecule has 1 amide bonds. The molecule has 33 heavy (non-hydrogen) atoms. The highest BCUT2D eigenvalue weighted by Crippen LogP contribution is 2.28. The molecular formula is C25H21N5O3. The fourth-order valence-corrected chi connectivity index (χ4v) is 3.54. The number of aryl methyl sites for hydroxylation is 1. The zero-order chi connectivity index (χ0) is 22.6. The van der Waals surface area contributed by atoms with Gasteiger partial charge in [0.1, 0.15) is 22.9 Å². The van der Waals surface area contributed by atoms with Gasteiger partial charge < -0.3 is 14.6 Å². The second-order valence-corrected chi connectivity index (χ2v) is 7.39. The Bertz CT molecular complexity index is 1390. The Kier molecular flexibility index (Phi) is 5.55. The van der Waals surface area contributed by atoms with E-state index in [4.69, 9.17) is 14.2 Å². The maximum Gasteiger partial charge on any atom is 0.227 e. The molecule has 8 heteroatoms. The van der Waals surface area contributed by atoms with Crippen LogP contribution in [0.2, 0.25) is 0 Å². The lowest BCUT2D eigenvalue weighted by Gasteiger charge is -2.07. The van der Waals surface area contributed by atoms with Crippen molar-refractivity contribution in [1.29, 1.82) is 0 Å². The Labute approximate surface area is 189 Å². The molecule has 8 nitrogen and oxygen atoms in total. The van der Waals surface area contributed by atoms with Gasteiger partial charge in [-0.2, -0.15) is 4.98 Å². The van der Waals surface area contributed by atoms with Crippen LogP contribution < -0.4 is 10.1 Å². The monoisotopic (exact) mass is 439 g/mol. The molecule has 3 aromatic heterocycles. The first-order valence-corrected chi connectivity index (χ1v) is 10.5. The number of aromatic nitrogens is 4. The zero-order valence-corrected chi connectivity index (χ0v) is 17.9. The van der Waals surface area contributed by atoms with Crippen LogP contribution in [0.1, 0.15) is 12.3 Å². The highest BCUT2D eigenvalue weighted by molar-refractivity contribution is 5.94. The number of rotatable bonds is 7. The lowest BCUT2D eigenvalue weighted by atomic mass is 10.1. The van der Waals surface area contributed by atoms with Gasteiger partial charge in [0.25, 0.3) is 0 Å². The second-order valence-electron chi connectivity index (χ2n) is 7.39. The summed E-state index contributed by atoms with van der Waals surface area (Å²) in [6.07, 6.45) is 2.40. The molecule has 0 saturated heterocycles. The molecule has 5 rings (SSSR count). The lowest BCUT2D eigenvalue weighted by molar-refractivity contribution is -0.116. The van der Waals surface area contributed by atoms with E-state index in [1.54, 1.807) is 7.11 Å². The van der Waals surface area contributed by atoms with Crippen LogP contribution >= 0.6 is 0 Å². The van der Waals surface area contributed by atoms with Crippen molar-refractivity contribution in [2.75, 3.05) is 12.4 Å². The van der Waals surface area contributed by atoms with Crippen LogP contribution in [0.5, 0.6) is 5.75 Å². The number of ether oxygens (including phenoxy) is 1. The van der Waals surface area contributed by atoms with Gasteiger partial charge in [0.2, 0.25) is 17.6 Å². The van der Waals surface area contributed by atoms with Gasteiger partial charge in [0.05, 0.1) is 7.11 Å². The minimum Gasteiger partial charge on any atom is -0.497 e. The number of hydrogen-bond acceptors (Lipinski definition) is 6. The molecule has 3 heterocycles. The normalized spacial score (nSPS) is 10.9. The minimum atomic E-state index is -0.165. The predicted molar refractivity (Wildman–Crippen MR) is 124 cm³/mol. The van der Waals surface area contributed by atoms with E-state index in [0.717, 1.165) is 28.2 Å². The first-order valence-electron chi connectivity index (χ1n) is 10.5. The van der Waals surface area contributed by atoms with Crippen molar-refractivity contribution >= 4 is 17.4 Å². The third kappa shape index (κ3) is 4.31. The molecule has 0 aliphatic rings. The largest absolute Gasteiger partial charge is 0.497 e. The molecule has 0 bridgehead atoms. The Hall–Kier alpha value is -4.46. The summed E-state index contributed by atoms with van der Waals surface area (Å²) in [5, 5.41) is 7.03. The van der Waals surface area contributed by atoms with Crippen molar-refractivity contribution in [1.82, 2.24) is 19.5 Å². The Morgan fingerprint density at radius 2 is 1.76 bits per heavy atom. The van der Waals surface area contributed by atoms with Gasteiger partial charge in [0, 0.05) is 30.2 Å². The van der Waals surface area contributed by atoms with Gasteiger partial charge in [-0.05, 0) is 36.4 Å². The van der Waals surface area contributed by atoms with Crippen LogP contribution in [-0.4, -0.2) is 32.5 Å². The van der Waals surface area contributed by atoms with Crippen molar-refractivity contribution < 1.29 is 14.1 Å². The van der Waals surface area contributed by atoms with E-state index in [1.165, 1.54) is 0 Å². The molecule has 0 aliphatic carbocycles. The number of carbonyl (C=O) groups is 1. The van der Waals surface area contributed by atoms with Crippen LogP contribution in [0, 0.1) is 0 Å². The molecule has 0 saturated carbocycles. The zero-order valence-electron chi connectivity index (χ0n) is 17.9. The van der Waals surface area contributed by atoms with E-state index in [9.17, 15) is 4.79 Å². The van der Waals surface area contributed by atoms with Crippen molar-refractivity contribution in [3.63, 3.8) is 0 Å². The molecule has 0 aliphatic heterocycles. The molecule has 0 atom stereocenters. The molecular weight excluding hydrogens is 418 g/mol. The van der Waals surface area contributed by atoms with Crippen molar-refractivity contribution in [3.05, 3.63) is 84.9 Å². The molecule has 0 unspecified atom stereocenters. The number of methoxy groups -OCH3 is 1. The summed E-state index contributed by atoms with van der Waals surface area (Å²) in [5.74, 6) is 2.09. The molecule has 5 aromatic rings. The van der Waals surface area contributed by atoms with Gasteiger partial charge in [-0.25, -0.2) is 4.98 Å². The highest BCUT2D eigenvalue weighted by Gasteiger charge is 2.17. The average Bonchev–Trinajstić information content (AvgIpc) is 3.49. The number of hydrogen-bond donors (Lipinski definition) is 1. The van der Waals surface area contributed by atoms with Crippen LogP contribution in [0.15, 0.2) is 83.5 Å². The van der Waals surface area contributed by atoms with Crippen LogP contribution in [0.3, 0.4) is 0 Å². The topological polar surface area (TPSA) is 94.5 Å².